The van der Waals surface area contributed by atoms with Crippen LogP contribution in [-0.2, 0) is 0 Å². The van der Waals surface area contributed by atoms with Crippen molar-refractivity contribution in [3.63, 3.8) is 0 Å². The number of nitrogens with one attached hydrogen (secondary N) is 2. The molecule has 0 fully saturated rings. The van der Waals surface area contributed by atoms with Crippen LogP contribution in [0.3, 0.4) is 0 Å². The van der Waals surface area contributed by atoms with E-state index in [0.29, 0.717) is 23.1 Å². The Bertz CT molecular complexity index is 676. The summed E-state index contributed by atoms with van der Waals surface area (Å²) >= 11 is 0. The number of hydrogen-bond donors (Lipinski definition) is 2. The Kier molecular flexibility index (Phi) is 5.74. The smallest absolute Gasteiger partial charge is 0.274 e. The fourth-order valence-corrected chi connectivity index (χ4v) is 1.90. The molecule has 0 aliphatic carbocycles. The molecule has 0 radical (unpaired) electrons. The number of carbonyl (C=O) groups excluding carboxylic acids is 1. The van der Waals surface area contributed by atoms with Crippen LogP contribution >= 0.6 is 0 Å². The van der Waals surface area contributed by atoms with Crippen molar-refractivity contribution in [2.75, 3.05) is 31.4 Å². The maximum Gasteiger partial charge on any atom is 0.274 e. The van der Waals surface area contributed by atoms with E-state index in [1.807, 2.05) is 6.92 Å². The number of ether oxygens (including phenoxy) is 2. The summed E-state index contributed by atoms with van der Waals surface area (Å²) in [5.74, 6) is 1.25. The third kappa shape index (κ3) is 4.32. The molecule has 0 saturated carbocycles. The maximum atomic E-state index is 12.3. The Hall–Kier alpha value is -2.83. The molecular weight excluding hydrogens is 296 g/mol. The van der Waals surface area contributed by atoms with Crippen LogP contribution in [0.5, 0.6) is 11.5 Å². The van der Waals surface area contributed by atoms with Gasteiger partial charge in [0.15, 0.2) is 0 Å². The van der Waals surface area contributed by atoms with E-state index in [1.165, 1.54) is 7.11 Å². The first-order valence-electron chi connectivity index (χ1n) is 7.28. The minimum atomic E-state index is -0.338. The third-order valence-corrected chi connectivity index (χ3v) is 3.08. The van der Waals surface area contributed by atoms with Crippen LogP contribution in [0.4, 0.5) is 11.6 Å². The molecule has 0 saturated heterocycles. The summed E-state index contributed by atoms with van der Waals surface area (Å²) in [6.45, 7) is 2.79. The van der Waals surface area contributed by atoms with Crippen molar-refractivity contribution >= 4 is 17.5 Å². The van der Waals surface area contributed by atoms with Crippen molar-refractivity contribution in [2.24, 2.45) is 0 Å². The van der Waals surface area contributed by atoms with Gasteiger partial charge in [0.05, 0.1) is 19.9 Å². The average molecular weight is 316 g/mol. The molecule has 1 aromatic heterocycles. The van der Waals surface area contributed by atoms with E-state index in [-0.39, 0.29) is 11.6 Å². The van der Waals surface area contributed by atoms with Crippen molar-refractivity contribution < 1.29 is 14.3 Å². The highest BCUT2D eigenvalue weighted by atomic mass is 16.5. The van der Waals surface area contributed by atoms with Gasteiger partial charge in [-0.2, -0.15) is 0 Å². The van der Waals surface area contributed by atoms with Crippen LogP contribution in [0.1, 0.15) is 23.8 Å². The van der Waals surface area contributed by atoms with Crippen molar-refractivity contribution in [2.45, 2.75) is 13.3 Å². The molecule has 0 atom stereocenters. The summed E-state index contributed by atoms with van der Waals surface area (Å²) in [6, 6.07) is 6.71. The van der Waals surface area contributed by atoms with Crippen LogP contribution in [0, 0.1) is 0 Å². The van der Waals surface area contributed by atoms with Crippen LogP contribution in [0.25, 0.3) is 0 Å². The fraction of sp³-hybridized carbons (Fsp3) is 0.312. The second kappa shape index (κ2) is 7.98. The van der Waals surface area contributed by atoms with Gasteiger partial charge in [0.1, 0.15) is 17.2 Å². The zero-order valence-corrected chi connectivity index (χ0v) is 13.4. The molecule has 1 aromatic carbocycles. The standard InChI is InChI=1S/C16H20N4O3/c1-4-8-17-16-18-9-7-13(20-16)15(21)19-12-6-5-11(22-2)10-14(12)23-3/h5-7,9-10H,4,8H2,1-3H3,(H,19,21)(H,17,18,20). The number of benzene rings is 1. The van der Waals surface area contributed by atoms with Crippen molar-refractivity contribution in [3.8, 4) is 11.5 Å². The van der Waals surface area contributed by atoms with Crippen molar-refractivity contribution in [3.05, 3.63) is 36.2 Å². The predicted molar refractivity (Wildman–Crippen MR) is 88.3 cm³/mol. The normalized spacial score (nSPS) is 10.0. The highest BCUT2D eigenvalue weighted by molar-refractivity contribution is 6.03. The first kappa shape index (κ1) is 16.5. The zero-order chi connectivity index (χ0) is 16.7. The first-order valence-corrected chi connectivity index (χ1v) is 7.28. The minimum Gasteiger partial charge on any atom is -0.497 e. The molecule has 0 spiro atoms. The molecule has 1 amide bonds. The predicted octanol–water partition coefficient (Wildman–Crippen LogP) is 2.57. The third-order valence-electron chi connectivity index (χ3n) is 3.08. The molecule has 2 N–H and O–H groups in total. The van der Waals surface area contributed by atoms with Crippen LogP contribution in [-0.4, -0.2) is 36.6 Å². The Morgan fingerprint density at radius 1 is 1.22 bits per heavy atom. The molecule has 1 heterocycles. The van der Waals surface area contributed by atoms with E-state index >= 15 is 0 Å². The fourth-order valence-electron chi connectivity index (χ4n) is 1.90. The van der Waals surface area contributed by atoms with Gasteiger partial charge in [-0.25, -0.2) is 9.97 Å². The van der Waals surface area contributed by atoms with Crippen LogP contribution < -0.4 is 20.1 Å². The summed E-state index contributed by atoms with van der Waals surface area (Å²) in [7, 11) is 3.10. The number of amides is 1. The molecule has 7 nitrogen and oxygen atoms in total. The maximum absolute atomic E-state index is 12.3. The largest absolute Gasteiger partial charge is 0.497 e. The molecule has 2 aromatic rings. The second-order valence-corrected chi connectivity index (χ2v) is 4.71. The van der Waals surface area contributed by atoms with Crippen molar-refractivity contribution in [1.82, 2.24) is 9.97 Å². The van der Waals surface area contributed by atoms with Gasteiger partial charge in [-0.15, -0.1) is 0 Å². The number of hydrogen-bond acceptors (Lipinski definition) is 6. The Morgan fingerprint density at radius 3 is 2.74 bits per heavy atom. The monoisotopic (exact) mass is 316 g/mol. The van der Waals surface area contributed by atoms with Gasteiger partial charge in [-0.05, 0) is 24.6 Å². The van der Waals surface area contributed by atoms with Gasteiger partial charge < -0.3 is 20.1 Å². The Balaban J connectivity index is 2.15. The summed E-state index contributed by atoms with van der Waals surface area (Å²) in [6.07, 6.45) is 2.49. The lowest BCUT2D eigenvalue weighted by Gasteiger charge is -2.11. The number of carbonyl (C=O) groups is 1. The van der Waals surface area contributed by atoms with E-state index < -0.39 is 0 Å². The molecule has 0 aliphatic rings. The van der Waals surface area contributed by atoms with Gasteiger partial charge in [-0.3, -0.25) is 4.79 Å². The molecular formula is C16H20N4O3. The highest BCUT2D eigenvalue weighted by Gasteiger charge is 2.12. The molecule has 0 unspecified atom stereocenters. The van der Waals surface area contributed by atoms with E-state index in [4.69, 9.17) is 9.47 Å². The quantitative estimate of drug-likeness (QED) is 0.816. The minimum absolute atomic E-state index is 0.275. The van der Waals surface area contributed by atoms with Gasteiger partial charge >= 0.3 is 0 Å². The number of rotatable bonds is 7. The second-order valence-electron chi connectivity index (χ2n) is 4.71. The Labute approximate surface area is 135 Å². The molecule has 7 heteroatoms. The number of methoxy groups -OCH3 is 2. The number of nitrogens with zero attached hydrogens (tertiary/aromatic N) is 2. The summed E-state index contributed by atoms with van der Waals surface area (Å²) in [5, 5.41) is 5.82. The van der Waals surface area contributed by atoms with Crippen molar-refractivity contribution in [1.29, 1.82) is 0 Å². The molecule has 2 rings (SSSR count). The van der Waals surface area contributed by atoms with E-state index in [0.717, 1.165) is 13.0 Å². The summed E-state index contributed by atoms with van der Waals surface area (Å²) in [4.78, 5) is 20.6. The van der Waals surface area contributed by atoms with Gasteiger partial charge in [0, 0.05) is 18.8 Å². The molecule has 23 heavy (non-hydrogen) atoms. The SMILES string of the molecule is CCCNc1nccc(C(=O)Nc2ccc(OC)cc2OC)n1. The van der Waals surface area contributed by atoms with E-state index in [1.54, 1.807) is 37.6 Å². The summed E-state index contributed by atoms with van der Waals surface area (Å²) in [5.41, 5.74) is 0.816. The summed E-state index contributed by atoms with van der Waals surface area (Å²) < 4.78 is 10.4. The number of anilines is 2. The Morgan fingerprint density at radius 2 is 2.04 bits per heavy atom. The highest BCUT2D eigenvalue weighted by Crippen LogP contribution is 2.29. The molecule has 0 bridgehead atoms. The van der Waals surface area contributed by atoms with Crippen LogP contribution in [0.15, 0.2) is 30.5 Å². The van der Waals surface area contributed by atoms with Gasteiger partial charge in [-0.1, -0.05) is 6.92 Å². The average Bonchev–Trinajstić information content (AvgIpc) is 2.60. The molecule has 0 aliphatic heterocycles. The first-order chi connectivity index (χ1) is 11.2. The lowest BCUT2D eigenvalue weighted by Crippen LogP contribution is -2.16. The number of aromatic nitrogens is 2. The van der Waals surface area contributed by atoms with E-state index in [2.05, 4.69) is 20.6 Å². The van der Waals surface area contributed by atoms with Gasteiger partial charge in [0.2, 0.25) is 5.95 Å². The topological polar surface area (TPSA) is 85.4 Å². The molecule has 122 valence electrons. The zero-order valence-electron chi connectivity index (χ0n) is 13.4. The van der Waals surface area contributed by atoms with E-state index in [9.17, 15) is 4.79 Å². The lowest BCUT2D eigenvalue weighted by molar-refractivity contribution is 0.102. The van der Waals surface area contributed by atoms with Gasteiger partial charge in [0.25, 0.3) is 5.91 Å². The lowest BCUT2D eigenvalue weighted by atomic mass is 10.2. The van der Waals surface area contributed by atoms with Crippen LogP contribution in [0.2, 0.25) is 0 Å².